The van der Waals surface area contributed by atoms with Crippen molar-refractivity contribution < 1.29 is 9.53 Å². The van der Waals surface area contributed by atoms with Crippen LogP contribution in [0.15, 0.2) is 0 Å². The van der Waals surface area contributed by atoms with Gasteiger partial charge < -0.3 is 15.0 Å². The van der Waals surface area contributed by atoms with E-state index < -0.39 is 0 Å². The molecule has 2 fully saturated rings. The van der Waals surface area contributed by atoms with Crippen LogP contribution in [0.1, 0.15) is 33.6 Å². The number of hydrogen-bond donors (Lipinski definition) is 1. The minimum Gasteiger partial charge on any atom is -0.444 e. The first-order valence-electron chi connectivity index (χ1n) is 5.70. The Labute approximate surface area is 91.0 Å². The summed E-state index contributed by atoms with van der Waals surface area (Å²) in [6, 6.07) is 0.875. The highest BCUT2D eigenvalue weighted by atomic mass is 16.6. The van der Waals surface area contributed by atoms with Crippen molar-refractivity contribution in [3.8, 4) is 0 Å². The first-order chi connectivity index (χ1) is 6.97. The number of carbonyl (C=O) groups is 1. The number of nitrogens with zero attached hydrogens (tertiary/aromatic N) is 1. The summed E-state index contributed by atoms with van der Waals surface area (Å²) in [5.74, 6) is 0. The summed E-state index contributed by atoms with van der Waals surface area (Å²) in [5, 5.41) is 3.42. The molecule has 4 heteroatoms. The summed E-state index contributed by atoms with van der Waals surface area (Å²) < 4.78 is 5.35. The van der Waals surface area contributed by atoms with Gasteiger partial charge in [-0.25, -0.2) is 4.79 Å². The second-order valence-corrected chi connectivity index (χ2v) is 5.40. The number of ether oxygens (including phenoxy) is 1. The van der Waals surface area contributed by atoms with Crippen molar-refractivity contribution in [2.75, 3.05) is 13.1 Å². The van der Waals surface area contributed by atoms with Gasteiger partial charge >= 0.3 is 6.09 Å². The highest BCUT2D eigenvalue weighted by Gasteiger charge is 2.44. The fourth-order valence-electron chi connectivity index (χ4n) is 2.23. The Balaban J connectivity index is 1.88. The molecule has 0 bridgehead atoms. The maximum atomic E-state index is 11.8. The maximum absolute atomic E-state index is 11.8. The third kappa shape index (κ3) is 2.25. The lowest BCUT2D eigenvalue weighted by Gasteiger charge is -2.50. The summed E-state index contributed by atoms with van der Waals surface area (Å²) in [6.45, 7) is 7.60. The molecule has 1 amide bonds. The van der Waals surface area contributed by atoms with Crippen molar-refractivity contribution in [1.29, 1.82) is 0 Å². The third-order valence-electron chi connectivity index (χ3n) is 2.97. The Morgan fingerprint density at radius 1 is 1.47 bits per heavy atom. The van der Waals surface area contributed by atoms with E-state index in [0.717, 1.165) is 25.9 Å². The van der Waals surface area contributed by atoms with Crippen LogP contribution in [-0.2, 0) is 4.74 Å². The van der Waals surface area contributed by atoms with Crippen molar-refractivity contribution in [3.63, 3.8) is 0 Å². The fourth-order valence-corrected chi connectivity index (χ4v) is 2.23. The first-order valence-corrected chi connectivity index (χ1v) is 5.70. The lowest BCUT2D eigenvalue weighted by molar-refractivity contribution is -0.0268. The summed E-state index contributed by atoms with van der Waals surface area (Å²) in [6.07, 6.45) is 2.10. The molecule has 0 unspecified atom stereocenters. The molecule has 86 valence electrons. The van der Waals surface area contributed by atoms with E-state index in [1.165, 1.54) is 0 Å². The van der Waals surface area contributed by atoms with E-state index in [-0.39, 0.29) is 11.7 Å². The van der Waals surface area contributed by atoms with Crippen LogP contribution >= 0.6 is 0 Å². The lowest BCUT2D eigenvalue weighted by atomic mass is 9.89. The minimum absolute atomic E-state index is 0.160. The van der Waals surface area contributed by atoms with Crippen LogP contribution in [0.3, 0.4) is 0 Å². The number of nitrogens with one attached hydrogen (secondary N) is 1. The predicted octanol–water partition coefficient (Wildman–Crippen LogP) is 1.36. The van der Waals surface area contributed by atoms with E-state index >= 15 is 0 Å². The van der Waals surface area contributed by atoms with Crippen LogP contribution in [0.25, 0.3) is 0 Å². The maximum Gasteiger partial charge on any atom is 0.410 e. The van der Waals surface area contributed by atoms with Gasteiger partial charge in [0.15, 0.2) is 0 Å². The minimum atomic E-state index is -0.385. The number of amides is 1. The molecule has 2 saturated heterocycles. The number of likely N-dealkylation sites (tertiary alicyclic amines) is 1. The molecule has 1 N–H and O–H groups in total. The van der Waals surface area contributed by atoms with E-state index in [1.54, 1.807) is 0 Å². The molecule has 0 aliphatic carbocycles. The quantitative estimate of drug-likeness (QED) is 0.659. The molecule has 0 radical (unpaired) electrons. The number of rotatable bonds is 0. The van der Waals surface area contributed by atoms with Gasteiger partial charge in [0.1, 0.15) is 5.60 Å². The fraction of sp³-hybridized carbons (Fsp3) is 0.909. The zero-order valence-electron chi connectivity index (χ0n) is 9.75. The molecule has 15 heavy (non-hydrogen) atoms. The van der Waals surface area contributed by atoms with Crippen molar-refractivity contribution in [2.24, 2.45) is 0 Å². The summed E-state index contributed by atoms with van der Waals surface area (Å²) in [7, 11) is 0. The van der Waals surface area contributed by atoms with Gasteiger partial charge in [-0.2, -0.15) is 0 Å². The van der Waals surface area contributed by atoms with E-state index in [1.807, 2.05) is 25.7 Å². The molecular weight excluding hydrogens is 192 g/mol. The van der Waals surface area contributed by atoms with Crippen LogP contribution in [0.2, 0.25) is 0 Å². The second kappa shape index (κ2) is 3.67. The molecule has 2 aliphatic rings. The molecule has 0 aromatic rings. The largest absolute Gasteiger partial charge is 0.444 e. The third-order valence-corrected chi connectivity index (χ3v) is 2.97. The highest BCUT2D eigenvalue weighted by molar-refractivity contribution is 5.70. The summed E-state index contributed by atoms with van der Waals surface area (Å²) >= 11 is 0. The SMILES string of the molecule is CC(C)(C)OC(=O)N1C[C@H]2NCCC[C@H]21. The number of carbonyl (C=O) groups excluding carboxylic acids is 1. The Morgan fingerprint density at radius 2 is 2.20 bits per heavy atom. The van der Waals surface area contributed by atoms with Gasteiger partial charge in [0.25, 0.3) is 0 Å². The molecule has 0 spiro atoms. The molecule has 2 aliphatic heterocycles. The molecule has 2 heterocycles. The first kappa shape index (κ1) is 10.7. The Hall–Kier alpha value is -0.770. The average Bonchev–Trinajstić information content (AvgIpc) is 2.03. The van der Waals surface area contributed by atoms with E-state index in [2.05, 4.69) is 5.32 Å². The number of piperidine rings is 1. The molecule has 2 rings (SSSR count). The van der Waals surface area contributed by atoms with Crippen molar-refractivity contribution in [2.45, 2.75) is 51.3 Å². The zero-order valence-corrected chi connectivity index (χ0v) is 9.75. The molecular formula is C11H20N2O2. The predicted molar refractivity (Wildman–Crippen MR) is 57.8 cm³/mol. The highest BCUT2D eigenvalue weighted by Crippen LogP contribution is 2.27. The number of hydrogen-bond acceptors (Lipinski definition) is 3. The smallest absolute Gasteiger partial charge is 0.410 e. The zero-order chi connectivity index (χ0) is 11.1. The Morgan fingerprint density at radius 3 is 2.80 bits per heavy atom. The normalized spacial score (nSPS) is 30.5. The van der Waals surface area contributed by atoms with Gasteiger partial charge in [-0.15, -0.1) is 0 Å². The van der Waals surface area contributed by atoms with E-state index in [4.69, 9.17) is 4.74 Å². The molecule has 0 aromatic heterocycles. The van der Waals surface area contributed by atoms with Crippen LogP contribution < -0.4 is 5.32 Å². The lowest BCUT2D eigenvalue weighted by Crippen LogP contribution is -2.69. The van der Waals surface area contributed by atoms with Crippen molar-refractivity contribution in [3.05, 3.63) is 0 Å². The van der Waals surface area contributed by atoms with E-state index in [9.17, 15) is 4.79 Å². The number of fused-ring (bicyclic) bond motifs is 1. The van der Waals surface area contributed by atoms with Crippen LogP contribution in [0, 0.1) is 0 Å². The van der Waals surface area contributed by atoms with Crippen LogP contribution in [0.4, 0.5) is 4.79 Å². The summed E-state index contributed by atoms with van der Waals surface area (Å²) in [5.41, 5.74) is -0.385. The van der Waals surface area contributed by atoms with Crippen molar-refractivity contribution in [1.82, 2.24) is 10.2 Å². The topological polar surface area (TPSA) is 41.6 Å². The van der Waals surface area contributed by atoms with Gasteiger partial charge in [0.05, 0.1) is 6.04 Å². The van der Waals surface area contributed by atoms with Gasteiger partial charge in [0.2, 0.25) is 0 Å². The molecule has 0 saturated carbocycles. The molecule has 4 nitrogen and oxygen atoms in total. The second-order valence-electron chi connectivity index (χ2n) is 5.40. The average molecular weight is 212 g/mol. The Bertz CT molecular complexity index is 260. The molecule has 0 aromatic carbocycles. The van der Waals surface area contributed by atoms with E-state index in [0.29, 0.717) is 12.1 Å². The van der Waals surface area contributed by atoms with Gasteiger partial charge in [-0.3, -0.25) is 0 Å². The van der Waals surface area contributed by atoms with Crippen LogP contribution in [-0.4, -0.2) is 41.8 Å². The summed E-state index contributed by atoms with van der Waals surface area (Å²) in [4.78, 5) is 13.6. The molecule has 2 atom stereocenters. The Kier molecular flexibility index (Phi) is 2.63. The van der Waals surface area contributed by atoms with Gasteiger partial charge in [-0.05, 0) is 40.2 Å². The van der Waals surface area contributed by atoms with Crippen LogP contribution in [0.5, 0.6) is 0 Å². The van der Waals surface area contributed by atoms with Gasteiger partial charge in [0, 0.05) is 12.6 Å². The van der Waals surface area contributed by atoms with Gasteiger partial charge in [-0.1, -0.05) is 0 Å². The monoisotopic (exact) mass is 212 g/mol. The van der Waals surface area contributed by atoms with Crippen molar-refractivity contribution >= 4 is 6.09 Å². The standard InChI is InChI=1S/C11H20N2O2/c1-11(2,3)15-10(14)13-7-8-9(13)5-4-6-12-8/h8-9,12H,4-7H2,1-3H3/t8-,9-/m1/s1.